The van der Waals surface area contributed by atoms with Gasteiger partial charge in [0.05, 0.1) is 11.4 Å². The summed E-state index contributed by atoms with van der Waals surface area (Å²) in [6, 6.07) is 13.8. The summed E-state index contributed by atoms with van der Waals surface area (Å²) in [6.07, 6.45) is 0. The summed E-state index contributed by atoms with van der Waals surface area (Å²) in [4.78, 5) is 13.1. The highest BCUT2D eigenvalue weighted by molar-refractivity contribution is 7.13. The molecule has 2 aromatic heterocycles. The highest BCUT2D eigenvalue weighted by atomic mass is 32.1. The monoisotopic (exact) mass is 355 g/mol. The molecule has 1 amide bonds. The molecule has 1 aromatic carbocycles. The molecule has 0 saturated carbocycles. The summed E-state index contributed by atoms with van der Waals surface area (Å²) in [6.45, 7) is 5.17. The second-order valence-electron chi connectivity index (χ2n) is 5.83. The smallest absolute Gasteiger partial charge is 0.258 e. The molecule has 25 heavy (non-hydrogen) atoms. The van der Waals surface area contributed by atoms with Crippen molar-refractivity contribution in [3.63, 3.8) is 0 Å². The number of aromatic nitrogens is 2. The predicted octanol–water partition coefficient (Wildman–Crippen LogP) is 3.42. The first-order valence-electron chi connectivity index (χ1n) is 8.16. The van der Waals surface area contributed by atoms with Crippen LogP contribution in [-0.4, -0.2) is 28.8 Å². The Balaban J connectivity index is 1.45. The molecule has 0 aliphatic carbocycles. The second-order valence-corrected chi connectivity index (χ2v) is 6.77. The van der Waals surface area contributed by atoms with Gasteiger partial charge in [-0.2, -0.15) is 5.10 Å². The number of carbonyl (C=O) groups is 1. The quantitative estimate of drug-likeness (QED) is 0.706. The van der Waals surface area contributed by atoms with E-state index in [0.29, 0.717) is 18.8 Å². The van der Waals surface area contributed by atoms with Gasteiger partial charge in [-0.25, -0.2) is 0 Å². The van der Waals surface area contributed by atoms with Gasteiger partial charge in [-0.1, -0.05) is 18.2 Å². The Morgan fingerprint density at radius 1 is 1.24 bits per heavy atom. The lowest BCUT2D eigenvalue weighted by atomic mass is 10.2. The molecule has 0 bridgehead atoms. The van der Waals surface area contributed by atoms with Crippen LogP contribution in [0, 0.1) is 13.8 Å². The van der Waals surface area contributed by atoms with Gasteiger partial charge in [-0.05, 0) is 49.1 Å². The third-order valence-electron chi connectivity index (χ3n) is 3.76. The zero-order valence-corrected chi connectivity index (χ0v) is 15.2. The van der Waals surface area contributed by atoms with E-state index in [1.54, 1.807) is 11.3 Å². The van der Waals surface area contributed by atoms with Gasteiger partial charge in [0, 0.05) is 12.2 Å². The summed E-state index contributed by atoms with van der Waals surface area (Å²) < 4.78 is 7.41. The molecule has 3 rings (SSSR count). The van der Waals surface area contributed by atoms with Gasteiger partial charge in [-0.15, -0.1) is 11.3 Å². The molecule has 0 radical (unpaired) electrons. The van der Waals surface area contributed by atoms with Gasteiger partial charge in [0.25, 0.3) is 5.91 Å². The number of ether oxygens (including phenoxy) is 1. The van der Waals surface area contributed by atoms with Crippen LogP contribution in [0.4, 0.5) is 0 Å². The Labute approximate surface area is 151 Å². The molecule has 0 saturated heterocycles. The number of nitrogens with zero attached hydrogens (tertiary/aromatic N) is 2. The normalized spacial score (nSPS) is 10.6. The van der Waals surface area contributed by atoms with E-state index in [2.05, 4.69) is 22.5 Å². The van der Waals surface area contributed by atoms with Crippen molar-refractivity contribution < 1.29 is 9.53 Å². The van der Waals surface area contributed by atoms with E-state index in [0.717, 1.165) is 21.8 Å². The largest absolute Gasteiger partial charge is 0.484 e. The Hall–Kier alpha value is -2.60. The molecule has 3 aromatic rings. The molecule has 130 valence electrons. The first-order chi connectivity index (χ1) is 12.1. The van der Waals surface area contributed by atoms with Crippen LogP contribution < -0.4 is 10.1 Å². The number of hydrogen-bond acceptors (Lipinski definition) is 4. The minimum atomic E-state index is -0.134. The number of thiophene rings is 1. The van der Waals surface area contributed by atoms with E-state index in [4.69, 9.17) is 4.74 Å². The fourth-order valence-electron chi connectivity index (χ4n) is 2.49. The number of rotatable bonds is 7. The van der Waals surface area contributed by atoms with Gasteiger partial charge in [0.1, 0.15) is 11.4 Å². The van der Waals surface area contributed by atoms with E-state index in [1.807, 2.05) is 54.2 Å². The van der Waals surface area contributed by atoms with Crippen molar-refractivity contribution in [3.8, 4) is 16.3 Å². The molecule has 0 unspecified atom stereocenters. The molecule has 6 heteroatoms. The van der Waals surface area contributed by atoms with Crippen LogP contribution in [0.25, 0.3) is 10.6 Å². The maximum Gasteiger partial charge on any atom is 0.258 e. The van der Waals surface area contributed by atoms with Crippen LogP contribution in [0.1, 0.15) is 11.3 Å². The standard InChI is InChI=1S/C19H21N3O2S/c1-14-5-3-6-16(11-14)24-13-19(23)20-8-9-22-15(2)12-17(21-22)18-7-4-10-25-18/h3-7,10-12H,8-9,13H2,1-2H3,(H,20,23). The summed E-state index contributed by atoms with van der Waals surface area (Å²) in [5.74, 6) is 0.573. The second kappa shape index (κ2) is 7.98. The Kier molecular flexibility index (Phi) is 5.50. The van der Waals surface area contributed by atoms with Crippen molar-refractivity contribution in [2.24, 2.45) is 0 Å². The van der Waals surface area contributed by atoms with E-state index in [9.17, 15) is 4.79 Å². The van der Waals surface area contributed by atoms with Crippen molar-refractivity contribution in [2.75, 3.05) is 13.2 Å². The lowest BCUT2D eigenvalue weighted by molar-refractivity contribution is -0.123. The summed E-state index contributed by atoms with van der Waals surface area (Å²) in [7, 11) is 0. The van der Waals surface area contributed by atoms with Gasteiger partial charge in [-0.3, -0.25) is 9.48 Å². The molecule has 5 nitrogen and oxygen atoms in total. The molecule has 0 atom stereocenters. The topological polar surface area (TPSA) is 56.1 Å². The van der Waals surface area contributed by atoms with Crippen molar-refractivity contribution in [2.45, 2.75) is 20.4 Å². The third-order valence-corrected chi connectivity index (χ3v) is 4.65. The number of benzene rings is 1. The fraction of sp³-hybridized carbons (Fsp3) is 0.263. The highest BCUT2D eigenvalue weighted by Crippen LogP contribution is 2.23. The first-order valence-corrected chi connectivity index (χ1v) is 9.04. The van der Waals surface area contributed by atoms with E-state index in [-0.39, 0.29) is 12.5 Å². The fourth-order valence-corrected chi connectivity index (χ4v) is 3.17. The Morgan fingerprint density at radius 2 is 2.12 bits per heavy atom. The minimum Gasteiger partial charge on any atom is -0.484 e. The van der Waals surface area contributed by atoms with Crippen LogP contribution in [0.2, 0.25) is 0 Å². The molecule has 2 heterocycles. The van der Waals surface area contributed by atoms with Gasteiger partial charge >= 0.3 is 0 Å². The van der Waals surface area contributed by atoms with Crippen molar-refractivity contribution in [1.29, 1.82) is 0 Å². The average Bonchev–Trinajstić information content (AvgIpc) is 3.23. The molecule has 0 aliphatic rings. The summed E-state index contributed by atoms with van der Waals surface area (Å²) >= 11 is 1.67. The zero-order chi connectivity index (χ0) is 17.6. The lowest BCUT2D eigenvalue weighted by Gasteiger charge is -2.09. The molecular formula is C19H21N3O2S. The number of carbonyl (C=O) groups excluding carboxylic acids is 1. The minimum absolute atomic E-state index is 0.0159. The summed E-state index contributed by atoms with van der Waals surface area (Å²) in [5, 5.41) is 9.50. The molecular weight excluding hydrogens is 334 g/mol. The maximum absolute atomic E-state index is 11.9. The van der Waals surface area contributed by atoms with Crippen LogP contribution >= 0.6 is 11.3 Å². The van der Waals surface area contributed by atoms with E-state index in [1.165, 1.54) is 0 Å². The maximum atomic E-state index is 11.9. The lowest BCUT2D eigenvalue weighted by Crippen LogP contribution is -2.31. The van der Waals surface area contributed by atoms with Crippen molar-refractivity contribution in [1.82, 2.24) is 15.1 Å². The molecule has 1 N–H and O–H groups in total. The number of hydrogen-bond donors (Lipinski definition) is 1. The van der Waals surface area contributed by atoms with Crippen molar-refractivity contribution in [3.05, 3.63) is 59.1 Å². The highest BCUT2D eigenvalue weighted by Gasteiger charge is 2.08. The van der Waals surface area contributed by atoms with Crippen molar-refractivity contribution >= 4 is 17.2 Å². The molecule has 0 fully saturated rings. The van der Waals surface area contributed by atoms with E-state index >= 15 is 0 Å². The number of aryl methyl sites for hydroxylation is 2. The Morgan fingerprint density at radius 3 is 2.88 bits per heavy atom. The van der Waals surface area contributed by atoms with Gasteiger partial charge in [0.2, 0.25) is 0 Å². The number of amides is 1. The van der Waals surface area contributed by atoms with Crippen LogP contribution in [-0.2, 0) is 11.3 Å². The van der Waals surface area contributed by atoms with Gasteiger partial charge in [0.15, 0.2) is 6.61 Å². The predicted molar refractivity (Wildman–Crippen MR) is 100.0 cm³/mol. The SMILES string of the molecule is Cc1cccc(OCC(=O)NCCn2nc(-c3cccs3)cc2C)c1. The van der Waals surface area contributed by atoms with Crippen LogP contribution in [0.3, 0.4) is 0 Å². The van der Waals surface area contributed by atoms with Crippen LogP contribution in [0.15, 0.2) is 47.8 Å². The zero-order valence-electron chi connectivity index (χ0n) is 14.4. The average molecular weight is 355 g/mol. The first kappa shape index (κ1) is 17.2. The summed E-state index contributed by atoms with van der Waals surface area (Å²) in [5.41, 5.74) is 3.16. The molecule has 0 spiro atoms. The van der Waals surface area contributed by atoms with Crippen LogP contribution in [0.5, 0.6) is 5.75 Å². The van der Waals surface area contributed by atoms with E-state index < -0.39 is 0 Å². The number of nitrogens with one attached hydrogen (secondary N) is 1. The Bertz CT molecular complexity index is 840. The third kappa shape index (κ3) is 4.70. The molecule has 0 aliphatic heterocycles. The van der Waals surface area contributed by atoms with Gasteiger partial charge < -0.3 is 10.1 Å².